The van der Waals surface area contributed by atoms with Crippen molar-refractivity contribution in [2.75, 3.05) is 26.3 Å². The van der Waals surface area contributed by atoms with Gasteiger partial charge in [-0.3, -0.25) is 4.90 Å². The average molecular weight is 359 g/mol. The molecule has 134 valence electrons. The lowest BCUT2D eigenvalue weighted by molar-refractivity contribution is 0.0105. The molecule has 4 heterocycles. The van der Waals surface area contributed by atoms with Gasteiger partial charge in [-0.25, -0.2) is 0 Å². The average Bonchev–Trinajstić information content (AvgIpc) is 3.04. The molecule has 0 bridgehead atoms. The molecule has 0 amide bonds. The Labute approximate surface area is 153 Å². The van der Waals surface area contributed by atoms with E-state index in [0.717, 1.165) is 45.7 Å². The van der Waals surface area contributed by atoms with E-state index in [2.05, 4.69) is 38.7 Å². The number of nitrogens with zero attached hydrogens (tertiary/aromatic N) is 4. The number of hydrogen-bond donors (Lipinski definition) is 0. The third kappa shape index (κ3) is 2.94. The van der Waals surface area contributed by atoms with Crippen molar-refractivity contribution in [1.29, 1.82) is 0 Å². The molecule has 3 fully saturated rings. The molecule has 5 rings (SSSR count). The van der Waals surface area contributed by atoms with Crippen molar-refractivity contribution in [3.05, 3.63) is 34.0 Å². The monoisotopic (exact) mass is 358 g/mol. The van der Waals surface area contributed by atoms with Gasteiger partial charge in [0.15, 0.2) is 0 Å². The number of aryl methyl sites for hydroxylation is 1. The molecule has 0 N–H and O–H groups in total. The van der Waals surface area contributed by atoms with E-state index in [9.17, 15) is 0 Å². The number of likely N-dealkylation sites (tertiary alicyclic amines) is 1. The second kappa shape index (κ2) is 6.18. The fourth-order valence-electron chi connectivity index (χ4n) is 4.76. The van der Waals surface area contributed by atoms with Crippen LogP contribution in [0.15, 0.2) is 18.5 Å². The van der Waals surface area contributed by atoms with Gasteiger partial charge in [0.1, 0.15) is 12.2 Å². The van der Waals surface area contributed by atoms with Crippen LogP contribution in [-0.4, -0.2) is 46.0 Å². The first kappa shape index (κ1) is 16.0. The van der Waals surface area contributed by atoms with Crippen LogP contribution in [0.25, 0.3) is 0 Å². The minimum absolute atomic E-state index is 0.310. The Morgan fingerprint density at radius 1 is 1.28 bits per heavy atom. The highest BCUT2D eigenvalue weighted by atomic mass is 32.1. The summed E-state index contributed by atoms with van der Waals surface area (Å²) < 4.78 is 8.09. The van der Waals surface area contributed by atoms with E-state index < -0.39 is 0 Å². The standard InChI is InChI=1S/C19H26N4OS/c1-14-2-5-16(25-14)10-22-11-17(19(12-22)6-8-24-9-7-19)18-21-20-13-23(18)15-3-4-15/h2,5,13,15,17H,3-4,6-12H2,1H3. The number of aromatic nitrogens is 3. The third-order valence-corrected chi connectivity index (χ3v) is 7.22. The quantitative estimate of drug-likeness (QED) is 0.840. The summed E-state index contributed by atoms with van der Waals surface area (Å²) in [5.41, 5.74) is 0.310. The molecule has 1 atom stereocenters. The van der Waals surface area contributed by atoms with E-state index in [1.54, 1.807) is 0 Å². The fraction of sp³-hybridized carbons (Fsp3) is 0.684. The maximum Gasteiger partial charge on any atom is 0.138 e. The Balaban J connectivity index is 1.43. The van der Waals surface area contributed by atoms with Gasteiger partial charge in [0.05, 0.1) is 0 Å². The summed E-state index contributed by atoms with van der Waals surface area (Å²) in [4.78, 5) is 5.52. The summed E-state index contributed by atoms with van der Waals surface area (Å²) in [7, 11) is 0. The predicted molar refractivity (Wildman–Crippen MR) is 97.9 cm³/mol. The molecule has 3 aliphatic rings. The molecule has 1 aliphatic carbocycles. The van der Waals surface area contributed by atoms with E-state index in [1.165, 1.54) is 28.4 Å². The Kier molecular flexibility index (Phi) is 3.95. The Morgan fingerprint density at radius 2 is 2.12 bits per heavy atom. The summed E-state index contributed by atoms with van der Waals surface area (Å²) >= 11 is 1.93. The van der Waals surface area contributed by atoms with Crippen molar-refractivity contribution in [2.45, 2.75) is 51.1 Å². The van der Waals surface area contributed by atoms with E-state index >= 15 is 0 Å². The molecule has 5 nitrogen and oxygen atoms in total. The van der Waals surface area contributed by atoms with Crippen LogP contribution in [0.5, 0.6) is 0 Å². The zero-order valence-electron chi connectivity index (χ0n) is 14.9. The van der Waals surface area contributed by atoms with Gasteiger partial charge in [0.2, 0.25) is 0 Å². The van der Waals surface area contributed by atoms with Crippen molar-refractivity contribution in [2.24, 2.45) is 5.41 Å². The lowest BCUT2D eigenvalue weighted by Gasteiger charge is -2.37. The zero-order chi connectivity index (χ0) is 16.9. The summed E-state index contributed by atoms with van der Waals surface area (Å²) in [6.45, 7) is 7.30. The number of hydrogen-bond acceptors (Lipinski definition) is 5. The van der Waals surface area contributed by atoms with Crippen molar-refractivity contribution in [3.8, 4) is 0 Å². The second-order valence-electron chi connectivity index (χ2n) is 8.04. The third-order valence-electron chi connectivity index (χ3n) is 6.24. The van der Waals surface area contributed by atoms with Gasteiger partial charge < -0.3 is 9.30 Å². The van der Waals surface area contributed by atoms with Crippen molar-refractivity contribution in [1.82, 2.24) is 19.7 Å². The highest BCUT2D eigenvalue weighted by Crippen LogP contribution is 2.50. The Hall–Kier alpha value is -1.24. The predicted octanol–water partition coefficient (Wildman–Crippen LogP) is 3.38. The van der Waals surface area contributed by atoms with Gasteiger partial charge in [0, 0.05) is 54.6 Å². The highest BCUT2D eigenvalue weighted by molar-refractivity contribution is 7.11. The smallest absolute Gasteiger partial charge is 0.138 e. The summed E-state index contributed by atoms with van der Waals surface area (Å²) in [6, 6.07) is 5.17. The Bertz CT molecular complexity index is 744. The van der Waals surface area contributed by atoms with E-state index in [0.29, 0.717) is 17.4 Å². The second-order valence-corrected chi connectivity index (χ2v) is 9.41. The maximum atomic E-state index is 5.71. The molecule has 1 saturated carbocycles. The first-order valence-corrected chi connectivity index (χ1v) is 10.3. The first-order chi connectivity index (χ1) is 12.2. The largest absolute Gasteiger partial charge is 0.381 e. The van der Waals surface area contributed by atoms with Crippen molar-refractivity contribution < 1.29 is 4.74 Å². The van der Waals surface area contributed by atoms with Gasteiger partial charge in [-0.1, -0.05) is 0 Å². The SMILES string of the molecule is Cc1ccc(CN2CC(c3nncn3C3CC3)C3(CCOCC3)C2)s1. The van der Waals surface area contributed by atoms with E-state index in [4.69, 9.17) is 4.74 Å². The van der Waals surface area contributed by atoms with Gasteiger partial charge in [-0.2, -0.15) is 0 Å². The maximum absolute atomic E-state index is 5.71. The highest BCUT2D eigenvalue weighted by Gasteiger charge is 2.50. The van der Waals surface area contributed by atoms with Crippen LogP contribution in [0.3, 0.4) is 0 Å². The van der Waals surface area contributed by atoms with Gasteiger partial charge in [-0.05, 0) is 50.2 Å². The number of thiophene rings is 1. The molecule has 0 aromatic carbocycles. The van der Waals surface area contributed by atoms with Crippen LogP contribution in [0.1, 0.15) is 53.2 Å². The van der Waals surface area contributed by atoms with Crippen LogP contribution in [0.4, 0.5) is 0 Å². The molecule has 25 heavy (non-hydrogen) atoms. The zero-order valence-corrected chi connectivity index (χ0v) is 15.7. The van der Waals surface area contributed by atoms with Gasteiger partial charge in [-0.15, -0.1) is 21.5 Å². The molecule has 2 saturated heterocycles. The van der Waals surface area contributed by atoms with E-state index in [1.807, 2.05) is 17.7 Å². The minimum Gasteiger partial charge on any atom is -0.381 e. The first-order valence-electron chi connectivity index (χ1n) is 9.48. The van der Waals surface area contributed by atoms with Crippen LogP contribution in [0, 0.1) is 12.3 Å². The normalized spacial score (nSPS) is 26.5. The molecule has 2 aliphatic heterocycles. The molecule has 6 heteroatoms. The van der Waals surface area contributed by atoms with Crippen LogP contribution in [0.2, 0.25) is 0 Å². The lowest BCUT2D eigenvalue weighted by Crippen LogP contribution is -2.37. The molecule has 0 radical (unpaired) electrons. The number of rotatable bonds is 4. The summed E-state index contributed by atoms with van der Waals surface area (Å²) in [5, 5.41) is 8.89. The fourth-order valence-corrected chi connectivity index (χ4v) is 5.69. The minimum atomic E-state index is 0.310. The molecule has 1 spiro atoms. The molecule has 2 aromatic rings. The molecule has 1 unspecified atom stereocenters. The molecular weight excluding hydrogens is 332 g/mol. The molecule has 2 aromatic heterocycles. The van der Waals surface area contributed by atoms with E-state index in [-0.39, 0.29) is 0 Å². The summed E-state index contributed by atoms with van der Waals surface area (Å²) in [5.74, 6) is 1.72. The lowest BCUT2D eigenvalue weighted by atomic mass is 9.71. The van der Waals surface area contributed by atoms with Crippen molar-refractivity contribution in [3.63, 3.8) is 0 Å². The summed E-state index contributed by atoms with van der Waals surface area (Å²) in [6.07, 6.45) is 6.83. The van der Waals surface area contributed by atoms with Crippen molar-refractivity contribution >= 4 is 11.3 Å². The van der Waals surface area contributed by atoms with Crippen LogP contribution in [-0.2, 0) is 11.3 Å². The van der Waals surface area contributed by atoms with Crippen LogP contribution >= 0.6 is 11.3 Å². The topological polar surface area (TPSA) is 43.2 Å². The van der Waals surface area contributed by atoms with Crippen LogP contribution < -0.4 is 0 Å². The van der Waals surface area contributed by atoms with Gasteiger partial charge >= 0.3 is 0 Å². The van der Waals surface area contributed by atoms with Gasteiger partial charge in [0.25, 0.3) is 0 Å². The molecular formula is C19H26N4OS. The Morgan fingerprint density at radius 3 is 2.84 bits per heavy atom. The number of ether oxygens (including phenoxy) is 1.